The molecule has 1 amide bonds. The van der Waals surface area contributed by atoms with E-state index in [2.05, 4.69) is 9.72 Å². The number of oxazole rings is 1. The van der Waals surface area contributed by atoms with Gasteiger partial charge in [0.2, 0.25) is 5.89 Å². The molecule has 9 heteroatoms. The van der Waals surface area contributed by atoms with E-state index >= 15 is 0 Å². The zero-order valence-electron chi connectivity index (χ0n) is 15.6. The molecule has 0 bridgehead atoms. The number of alkyl halides is 3. The number of ether oxygens (including phenoxy) is 1. The molecule has 0 aliphatic carbocycles. The molecule has 0 atom stereocenters. The Labute approximate surface area is 160 Å². The third kappa shape index (κ3) is 5.58. The van der Waals surface area contributed by atoms with Gasteiger partial charge in [0, 0.05) is 12.1 Å². The topological polar surface area (TPSA) is 72.6 Å². The zero-order chi connectivity index (χ0) is 20.7. The van der Waals surface area contributed by atoms with Crippen LogP contribution in [-0.2, 0) is 17.5 Å². The van der Waals surface area contributed by atoms with Crippen molar-refractivity contribution in [2.75, 3.05) is 13.7 Å². The van der Waals surface area contributed by atoms with Crippen molar-refractivity contribution < 1.29 is 31.9 Å². The number of carbonyl (C=O) groups excluding carboxylic acids is 2. The SMILES string of the molecule is CCCCCN(Cc1nc(C(=O)OC)co1)C(=O)c1ccc(C(F)(F)F)cc1. The maximum atomic E-state index is 12.8. The molecule has 1 aromatic heterocycles. The summed E-state index contributed by atoms with van der Waals surface area (Å²) in [7, 11) is 1.21. The van der Waals surface area contributed by atoms with Crippen molar-refractivity contribution in [3.63, 3.8) is 0 Å². The smallest absolute Gasteiger partial charge is 0.416 e. The van der Waals surface area contributed by atoms with Gasteiger partial charge in [0.25, 0.3) is 5.91 Å². The fourth-order valence-corrected chi connectivity index (χ4v) is 2.53. The van der Waals surface area contributed by atoms with Gasteiger partial charge in [-0.3, -0.25) is 4.79 Å². The first-order valence-electron chi connectivity index (χ1n) is 8.75. The molecule has 2 rings (SSSR count). The largest absolute Gasteiger partial charge is 0.464 e. The van der Waals surface area contributed by atoms with Gasteiger partial charge in [-0.2, -0.15) is 13.2 Å². The molecule has 2 aromatic rings. The number of hydrogen-bond acceptors (Lipinski definition) is 5. The van der Waals surface area contributed by atoms with Crippen LogP contribution in [-0.4, -0.2) is 35.4 Å². The molecule has 1 aromatic carbocycles. The Balaban J connectivity index is 2.18. The lowest BCUT2D eigenvalue weighted by atomic mass is 10.1. The second kappa shape index (κ2) is 9.38. The second-order valence-corrected chi connectivity index (χ2v) is 6.13. The van der Waals surface area contributed by atoms with Crippen LogP contribution in [0.5, 0.6) is 0 Å². The van der Waals surface area contributed by atoms with E-state index in [1.54, 1.807) is 0 Å². The third-order valence-electron chi connectivity index (χ3n) is 4.05. The summed E-state index contributed by atoms with van der Waals surface area (Å²) in [5.41, 5.74) is -0.714. The van der Waals surface area contributed by atoms with Crippen LogP contribution in [0.2, 0.25) is 0 Å². The van der Waals surface area contributed by atoms with Gasteiger partial charge in [-0.25, -0.2) is 9.78 Å². The molecule has 0 aliphatic rings. The number of halogens is 3. The normalized spacial score (nSPS) is 11.3. The maximum absolute atomic E-state index is 12.8. The van der Waals surface area contributed by atoms with Crippen molar-refractivity contribution in [3.05, 3.63) is 53.2 Å². The predicted molar refractivity (Wildman–Crippen MR) is 93.6 cm³/mol. The molecule has 0 radical (unpaired) electrons. The van der Waals surface area contributed by atoms with E-state index in [1.165, 1.54) is 12.0 Å². The van der Waals surface area contributed by atoms with Gasteiger partial charge < -0.3 is 14.1 Å². The zero-order valence-corrected chi connectivity index (χ0v) is 15.6. The number of hydrogen-bond donors (Lipinski definition) is 0. The van der Waals surface area contributed by atoms with E-state index in [-0.39, 0.29) is 23.7 Å². The number of benzene rings is 1. The van der Waals surface area contributed by atoms with Crippen molar-refractivity contribution in [3.8, 4) is 0 Å². The monoisotopic (exact) mass is 398 g/mol. The van der Waals surface area contributed by atoms with Crippen LogP contribution in [0.15, 0.2) is 34.9 Å². The van der Waals surface area contributed by atoms with E-state index in [4.69, 9.17) is 4.42 Å². The third-order valence-corrected chi connectivity index (χ3v) is 4.05. The summed E-state index contributed by atoms with van der Waals surface area (Å²) in [4.78, 5) is 29.7. The van der Waals surface area contributed by atoms with Gasteiger partial charge >= 0.3 is 12.1 Å². The molecule has 0 unspecified atom stereocenters. The highest BCUT2D eigenvalue weighted by Gasteiger charge is 2.30. The molecular formula is C19H21F3N2O4. The van der Waals surface area contributed by atoms with Crippen LogP contribution < -0.4 is 0 Å². The van der Waals surface area contributed by atoms with Crippen LogP contribution in [0, 0.1) is 0 Å². The minimum absolute atomic E-state index is 0.0133. The predicted octanol–water partition coefficient (Wildman–Crippen LogP) is 4.31. The van der Waals surface area contributed by atoms with Gasteiger partial charge in [0.05, 0.1) is 19.2 Å². The fourth-order valence-electron chi connectivity index (χ4n) is 2.53. The van der Waals surface area contributed by atoms with E-state index in [1.807, 2.05) is 6.92 Å². The second-order valence-electron chi connectivity index (χ2n) is 6.13. The van der Waals surface area contributed by atoms with Gasteiger partial charge in [0.1, 0.15) is 6.26 Å². The molecule has 0 fully saturated rings. The van der Waals surface area contributed by atoms with Gasteiger partial charge in [0.15, 0.2) is 5.69 Å². The van der Waals surface area contributed by atoms with Crippen LogP contribution in [0.1, 0.15) is 58.5 Å². The maximum Gasteiger partial charge on any atom is 0.416 e. The Kier molecular flexibility index (Phi) is 7.19. The lowest BCUT2D eigenvalue weighted by molar-refractivity contribution is -0.137. The molecule has 0 N–H and O–H groups in total. The fraction of sp³-hybridized carbons (Fsp3) is 0.421. The number of methoxy groups -OCH3 is 1. The molecule has 152 valence electrons. The standard InChI is InChI=1S/C19H21F3N2O4/c1-3-4-5-10-24(11-16-23-15(12-28-16)18(26)27-2)17(25)13-6-8-14(9-7-13)19(20,21)22/h6-9,12H,3-5,10-11H2,1-2H3. The number of unbranched alkanes of at least 4 members (excludes halogenated alkanes) is 2. The molecule has 6 nitrogen and oxygen atoms in total. The molecular weight excluding hydrogens is 377 g/mol. The minimum Gasteiger partial charge on any atom is -0.464 e. The summed E-state index contributed by atoms with van der Waals surface area (Å²) in [5.74, 6) is -0.971. The summed E-state index contributed by atoms with van der Waals surface area (Å²) < 4.78 is 47.9. The van der Waals surface area contributed by atoms with Crippen molar-refractivity contribution >= 4 is 11.9 Å². The summed E-state index contributed by atoms with van der Waals surface area (Å²) in [6.45, 7) is 2.38. The van der Waals surface area contributed by atoms with Crippen molar-refractivity contribution in [2.24, 2.45) is 0 Å². The summed E-state index contributed by atoms with van der Waals surface area (Å²) in [6, 6.07) is 4.04. The van der Waals surface area contributed by atoms with Crippen LogP contribution in [0.4, 0.5) is 13.2 Å². The molecule has 0 saturated heterocycles. The van der Waals surface area contributed by atoms with Crippen molar-refractivity contribution in [2.45, 2.75) is 38.9 Å². The lowest BCUT2D eigenvalue weighted by Gasteiger charge is -2.21. The minimum atomic E-state index is -4.47. The van der Waals surface area contributed by atoms with E-state index in [0.29, 0.717) is 13.0 Å². The van der Waals surface area contributed by atoms with E-state index < -0.39 is 23.6 Å². The number of aromatic nitrogens is 1. The summed E-state index contributed by atoms with van der Waals surface area (Å²) in [6.07, 6.45) is -0.796. The molecule has 0 spiro atoms. The quantitative estimate of drug-likeness (QED) is 0.489. The van der Waals surface area contributed by atoms with Crippen molar-refractivity contribution in [1.29, 1.82) is 0 Å². The van der Waals surface area contributed by atoms with Gasteiger partial charge in [-0.1, -0.05) is 19.8 Å². The Bertz CT molecular complexity index is 800. The highest BCUT2D eigenvalue weighted by molar-refractivity contribution is 5.94. The van der Waals surface area contributed by atoms with E-state index in [9.17, 15) is 22.8 Å². The Morgan fingerprint density at radius 3 is 2.43 bits per heavy atom. The highest BCUT2D eigenvalue weighted by Crippen LogP contribution is 2.29. The lowest BCUT2D eigenvalue weighted by Crippen LogP contribution is -2.31. The first-order chi connectivity index (χ1) is 13.3. The number of amides is 1. The van der Waals surface area contributed by atoms with E-state index in [0.717, 1.165) is 43.4 Å². The van der Waals surface area contributed by atoms with Crippen LogP contribution in [0.3, 0.4) is 0 Å². The Morgan fingerprint density at radius 1 is 1.18 bits per heavy atom. The molecule has 1 heterocycles. The first-order valence-corrected chi connectivity index (χ1v) is 8.75. The van der Waals surface area contributed by atoms with Gasteiger partial charge in [-0.05, 0) is 30.7 Å². The summed E-state index contributed by atoms with van der Waals surface area (Å²) in [5, 5.41) is 0. The van der Waals surface area contributed by atoms with Crippen LogP contribution in [0.25, 0.3) is 0 Å². The number of carbonyl (C=O) groups is 2. The van der Waals surface area contributed by atoms with Crippen LogP contribution >= 0.6 is 0 Å². The first kappa shape index (κ1) is 21.5. The molecule has 0 aliphatic heterocycles. The highest BCUT2D eigenvalue weighted by atomic mass is 19.4. The Morgan fingerprint density at radius 2 is 1.86 bits per heavy atom. The molecule has 28 heavy (non-hydrogen) atoms. The average molecular weight is 398 g/mol. The average Bonchev–Trinajstić information content (AvgIpc) is 3.14. The number of esters is 1. The number of rotatable bonds is 8. The van der Waals surface area contributed by atoms with Gasteiger partial charge in [-0.15, -0.1) is 0 Å². The number of nitrogens with zero attached hydrogens (tertiary/aromatic N) is 2. The summed E-state index contributed by atoms with van der Waals surface area (Å²) >= 11 is 0. The van der Waals surface area contributed by atoms with Crippen molar-refractivity contribution in [1.82, 2.24) is 9.88 Å². The molecule has 0 saturated carbocycles. The Hall–Kier alpha value is -2.84.